The predicted molar refractivity (Wildman–Crippen MR) is 57.7 cm³/mol. The summed E-state index contributed by atoms with van der Waals surface area (Å²) < 4.78 is 3.81. The predicted octanol–water partition coefficient (Wildman–Crippen LogP) is 2.72. The van der Waals surface area contributed by atoms with E-state index in [4.69, 9.17) is 0 Å². The molecule has 1 rings (SSSR count). The molecular weight excluding hydrogens is 196 g/mol. The maximum atomic E-state index is 11.7. The lowest BCUT2D eigenvalue weighted by Crippen LogP contribution is -2.02. The third-order valence-electron chi connectivity index (χ3n) is 2.09. The van der Waals surface area contributed by atoms with Gasteiger partial charge in [-0.2, -0.15) is 0 Å². The van der Waals surface area contributed by atoms with Gasteiger partial charge in [-0.1, -0.05) is 25.3 Å². The number of nitrogens with zero attached hydrogens (tertiary/aromatic N) is 2. The summed E-state index contributed by atoms with van der Waals surface area (Å²) in [5.74, 6) is 0.774. The lowest BCUT2D eigenvalue weighted by Gasteiger charge is -2.02. The van der Waals surface area contributed by atoms with E-state index in [1.165, 1.54) is 11.5 Å². The van der Waals surface area contributed by atoms with E-state index in [0.29, 0.717) is 12.3 Å². The van der Waals surface area contributed by atoms with Crippen molar-refractivity contribution in [1.82, 2.24) is 9.59 Å². The number of ketones is 1. The van der Waals surface area contributed by atoms with Crippen molar-refractivity contribution in [2.24, 2.45) is 5.92 Å². The van der Waals surface area contributed by atoms with Crippen LogP contribution in [0.2, 0.25) is 0 Å². The van der Waals surface area contributed by atoms with Crippen molar-refractivity contribution in [2.45, 2.75) is 40.0 Å². The average Bonchev–Trinajstić information content (AvgIpc) is 2.61. The zero-order valence-corrected chi connectivity index (χ0v) is 9.73. The highest BCUT2D eigenvalue weighted by atomic mass is 32.1. The number of rotatable bonds is 5. The average molecular weight is 212 g/mol. The first kappa shape index (κ1) is 11.3. The molecule has 0 saturated heterocycles. The van der Waals surface area contributed by atoms with Gasteiger partial charge in [0.1, 0.15) is 4.88 Å². The standard InChI is InChI=1S/C10H16N2OS/c1-4-8-10(14-12-11-8)9(13)6-5-7(2)3/h7H,4-6H2,1-3H3. The first-order valence-electron chi connectivity index (χ1n) is 4.99. The van der Waals surface area contributed by atoms with Gasteiger partial charge in [0.05, 0.1) is 5.69 Å². The number of aromatic nitrogens is 2. The van der Waals surface area contributed by atoms with Gasteiger partial charge in [0.25, 0.3) is 0 Å². The number of carbonyl (C=O) groups is 1. The number of Topliss-reactive ketones (excluding diaryl/α,β-unsaturated/α-hetero) is 1. The second-order valence-electron chi connectivity index (χ2n) is 3.76. The summed E-state index contributed by atoms with van der Waals surface area (Å²) in [6.45, 7) is 6.24. The molecule has 0 aliphatic heterocycles. The summed E-state index contributed by atoms with van der Waals surface area (Å²) in [6, 6.07) is 0. The Kier molecular flexibility index (Phi) is 4.20. The minimum absolute atomic E-state index is 0.200. The van der Waals surface area contributed by atoms with Crippen molar-refractivity contribution in [3.05, 3.63) is 10.6 Å². The second kappa shape index (κ2) is 5.20. The molecule has 0 radical (unpaired) electrons. The SMILES string of the molecule is CCc1nnsc1C(=O)CCC(C)C. The molecule has 0 aromatic carbocycles. The quantitative estimate of drug-likeness (QED) is 0.705. The lowest BCUT2D eigenvalue weighted by molar-refractivity contribution is 0.0978. The summed E-state index contributed by atoms with van der Waals surface area (Å²) in [6.07, 6.45) is 2.35. The molecule has 0 spiro atoms. The normalized spacial score (nSPS) is 10.9. The van der Waals surface area contributed by atoms with Gasteiger partial charge < -0.3 is 0 Å². The van der Waals surface area contributed by atoms with Gasteiger partial charge in [0.15, 0.2) is 5.78 Å². The van der Waals surface area contributed by atoms with Crippen LogP contribution in [-0.2, 0) is 6.42 Å². The Hall–Kier alpha value is -0.770. The second-order valence-corrected chi connectivity index (χ2v) is 4.51. The summed E-state index contributed by atoms with van der Waals surface area (Å²) >= 11 is 1.22. The maximum Gasteiger partial charge on any atom is 0.176 e. The fraction of sp³-hybridized carbons (Fsp3) is 0.700. The van der Waals surface area contributed by atoms with E-state index in [2.05, 4.69) is 23.4 Å². The Bertz CT molecular complexity index is 307. The summed E-state index contributed by atoms with van der Waals surface area (Å²) in [4.78, 5) is 12.5. The molecular formula is C10H16N2OS. The van der Waals surface area contributed by atoms with Crippen LogP contribution in [0.4, 0.5) is 0 Å². The summed E-state index contributed by atoms with van der Waals surface area (Å²) in [5.41, 5.74) is 0.851. The van der Waals surface area contributed by atoms with Crippen LogP contribution >= 0.6 is 11.5 Å². The van der Waals surface area contributed by atoms with Crippen LogP contribution in [0.1, 0.15) is 49.0 Å². The van der Waals surface area contributed by atoms with E-state index in [1.54, 1.807) is 0 Å². The van der Waals surface area contributed by atoms with Gasteiger partial charge in [-0.3, -0.25) is 4.79 Å². The van der Waals surface area contributed by atoms with Gasteiger partial charge in [0.2, 0.25) is 0 Å². The fourth-order valence-corrected chi connectivity index (χ4v) is 1.90. The van der Waals surface area contributed by atoms with Gasteiger partial charge >= 0.3 is 0 Å². The van der Waals surface area contributed by atoms with Crippen LogP contribution in [0.25, 0.3) is 0 Å². The highest BCUT2D eigenvalue weighted by molar-refractivity contribution is 7.08. The van der Waals surface area contributed by atoms with Crippen LogP contribution in [0, 0.1) is 5.92 Å². The van der Waals surface area contributed by atoms with E-state index >= 15 is 0 Å². The molecule has 0 unspecified atom stereocenters. The molecule has 0 saturated carbocycles. The minimum Gasteiger partial charge on any atom is -0.293 e. The van der Waals surface area contributed by atoms with E-state index in [0.717, 1.165) is 23.4 Å². The molecule has 0 atom stereocenters. The Labute approximate surface area is 88.7 Å². The molecule has 1 heterocycles. The monoisotopic (exact) mass is 212 g/mol. The van der Waals surface area contributed by atoms with Crippen LogP contribution in [0.15, 0.2) is 0 Å². The zero-order chi connectivity index (χ0) is 10.6. The molecule has 14 heavy (non-hydrogen) atoms. The number of aryl methyl sites for hydroxylation is 1. The Morgan fingerprint density at radius 2 is 2.21 bits per heavy atom. The van der Waals surface area contributed by atoms with Crippen molar-refractivity contribution in [3.8, 4) is 0 Å². The Balaban J connectivity index is 2.60. The Morgan fingerprint density at radius 3 is 2.79 bits per heavy atom. The van der Waals surface area contributed by atoms with Crippen molar-refractivity contribution >= 4 is 17.3 Å². The lowest BCUT2D eigenvalue weighted by atomic mass is 10.0. The third kappa shape index (κ3) is 2.87. The molecule has 0 aliphatic carbocycles. The highest BCUT2D eigenvalue weighted by Crippen LogP contribution is 2.16. The molecule has 0 amide bonds. The van der Waals surface area contributed by atoms with Gasteiger partial charge in [-0.05, 0) is 30.3 Å². The maximum absolute atomic E-state index is 11.7. The van der Waals surface area contributed by atoms with E-state index in [1.807, 2.05) is 6.92 Å². The smallest absolute Gasteiger partial charge is 0.176 e. The molecule has 1 aromatic heterocycles. The summed E-state index contributed by atoms with van der Waals surface area (Å²) in [7, 11) is 0. The molecule has 3 nitrogen and oxygen atoms in total. The van der Waals surface area contributed by atoms with Gasteiger partial charge in [-0.15, -0.1) is 5.10 Å². The van der Waals surface area contributed by atoms with Crippen molar-refractivity contribution in [3.63, 3.8) is 0 Å². The molecule has 78 valence electrons. The van der Waals surface area contributed by atoms with E-state index in [-0.39, 0.29) is 5.78 Å². The highest BCUT2D eigenvalue weighted by Gasteiger charge is 2.14. The molecule has 4 heteroatoms. The van der Waals surface area contributed by atoms with Crippen molar-refractivity contribution in [1.29, 1.82) is 0 Å². The Morgan fingerprint density at radius 1 is 1.50 bits per heavy atom. The first-order valence-corrected chi connectivity index (χ1v) is 5.76. The molecule has 0 fully saturated rings. The zero-order valence-electron chi connectivity index (χ0n) is 8.91. The van der Waals surface area contributed by atoms with Crippen molar-refractivity contribution in [2.75, 3.05) is 0 Å². The molecule has 0 N–H and O–H groups in total. The van der Waals surface area contributed by atoms with E-state index < -0.39 is 0 Å². The van der Waals surface area contributed by atoms with E-state index in [9.17, 15) is 4.79 Å². The third-order valence-corrected chi connectivity index (χ3v) is 2.90. The molecule has 1 aromatic rings. The van der Waals surface area contributed by atoms with Crippen LogP contribution < -0.4 is 0 Å². The van der Waals surface area contributed by atoms with Crippen LogP contribution in [-0.4, -0.2) is 15.4 Å². The van der Waals surface area contributed by atoms with Gasteiger partial charge in [-0.25, -0.2) is 0 Å². The van der Waals surface area contributed by atoms with Crippen molar-refractivity contribution < 1.29 is 4.79 Å². The van der Waals surface area contributed by atoms with Crippen LogP contribution in [0.5, 0.6) is 0 Å². The van der Waals surface area contributed by atoms with Gasteiger partial charge in [0, 0.05) is 6.42 Å². The molecule has 0 bridgehead atoms. The number of hydrogen-bond acceptors (Lipinski definition) is 4. The summed E-state index contributed by atoms with van der Waals surface area (Å²) in [5, 5.41) is 3.93. The minimum atomic E-state index is 0.200. The fourth-order valence-electron chi connectivity index (χ4n) is 1.19. The first-order chi connectivity index (χ1) is 6.65. The van der Waals surface area contributed by atoms with Crippen LogP contribution in [0.3, 0.4) is 0 Å². The molecule has 0 aliphatic rings. The topological polar surface area (TPSA) is 42.9 Å². The number of carbonyl (C=O) groups excluding carboxylic acids is 1. The largest absolute Gasteiger partial charge is 0.293 e. The number of hydrogen-bond donors (Lipinski definition) is 0.